The minimum Gasteiger partial charge on any atom is -0.368 e. The van der Waals surface area contributed by atoms with Gasteiger partial charge >= 0.3 is 0 Å². The normalized spacial score (nSPS) is 10.3. The van der Waals surface area contributed by atoms with E-state index in [0.717, 1.165) is 0 Å². The van der Waals surface area contributed by atoms with Gasteiger partial charge in [0.25, 0.3) is 5.91 Å². The van der Waals surface area contributed by atoms with E-state index in [-0.39, 0.29) is 18.5 Å². The molecule has 0 saturated carbocycles. The van der Waals surface area contributed by atoms with Gasteiger partial charge in [0.15, 0.2) is 0 Å². The number of carbonyl (C=O) groups is 2. The highest BCUT2D eigenvalue weighted by Crippen LogP contribution is 2.06. The van der Waals surface area contributed by atoms with E-state index in [1.165, 1.54) is 17.3 Å². The van der Waals surface area contributed by atoms with Crippen LogP contribution < -0.4 is 5.73 Å². The second-order valence-electron chi connectivity index (χ2n) is 3.48. The van der Waals surface area contributed by atoms with Crippen molar-refractivity contribution >= 4 is 11.8 Å². The Morgan fingerprint density at radius 1 is 1.60 bits per heavy atom. The number of primary amides is 1. The summed E-state index contributed by atoms with van der Waals surface area (Å²) in [6.45, 7) is 3.56. The number of nitrogens with one attached hydrogen (secondary N) is 1. The first-order chi connectivity index (χ1) is 7.02. The van der Waals surface area contributed by atoms with Gasteiger partial charge in [0.2, 0.25) is 5.91 Å². The Morgan fingerprint density at radius 3 is 2.67 bits per heavy atom. The van der Waals surface area contributed by atoms with E-state index in [0.29, 0.717) is 5.56 Å². The van der Waals surface area contributed by atoms with Crippen LogP contribution in [0.4, 0.5) is 0 Å². The minimum absolute atomic E-state index is 0.0817. The Kier molecular flexibility index (Phi) is 3.43. The van der Waals surface area contributed by atoms with Crippen LogP contribution in [0.2, 0.25) is 0 Å². The molecule has 0 aromatic carbocycles. The number of hydrogen-bond acceptors (Lipinski definition) is 3. The van der Waals surface area contributed by atoms with Crippen LogP contribution in [-0.2, 0) is 4.79 Å². The Labute approximate surface area is 87.4 Å². The van der Waals surface area contributed by atoms with Crippen LogP contribution in [-0.4, -0.2) is 39.5 Å². The molecule has 0 radical (unpaired) electrons. The number of aromatic nitrogens is 2. The van der Waals surface area contributed by atoms with Crippen molar-refractivity contribution < 1.29 is 9.59 Å². The van der Waals surface area contributed by atoms with E-state index >= 15 is 0 Å². The average molecular weight is 210 g/mol. The molecule has 82 valence electrons. The zero-order valence-corrected chi connectivity index (χ0v) is 8.73. The lowest BCUT2D eigenvalue weighted by Gasteiger charge is -2.24. The zero-order valence-electron chi connectivity index (χ0n) is 8.73. The molecule has 2 amide bonds. The summed E-state index contributed by atoms with van der Waals surface area (Å²) in [7, 11) is 0. The molecule has 0 spiro atoms. The van der Waals surface area contributed by atoms with Crippen LogP contribution in [0.3, 0.4) is 0 Å². The monoisotopic (exact) mass is 210 g/mol. The molecular formula is C9H14N4O2. The van der Waals surface area contributed by atoms with Gasteiger partial charge in [-0.25, -0.2) is 0 Å². The summed E-state index contributed by atoms with van der Waals surface area (Å²) in [5, 5.41) is 6.22. The Morgan fingerprint density at radius 2 is 2.27 bits per heavy atom. The fourth-order valence-corrected chi connectivity index (χ4v) is 1.19. The Hall–Kier alpha value is -1.85. The fourth-order valence-electron chi connectivity index (χ4n) is 1.19. The quantitative estimate of drug-likeness (QED) is 0.717. The molecule has 0 aliphatic rings. The first-order valence-electron chi connectivity index (χ1n) is 4.60. The van der Waals surface area contributed by atoms with Gasteiger partial charge in [-0.1, -0.05) is 0 Å². The van der Waals surface area contributed by atoms with Crippen molar-refractivity contribution in [2.24, 2.45) is 5.73 Å². The highest BCUT2D eigenvalue weighted by atomic mass is 16.2. The van der Waals surface area contributed by atoms with E-state index in [9.17, 15) is 9.59 Å². The third-order valence-corrected chi connectivity index (χ3v) is 1.96. The first kappa shape index (κ1) is 11.2. The van der Waals surface area contributed by atoms with E-state index in [1.54, 1.807) is 0 Å². The van der Waals surface area contributed by atoms with Crippen molar-refractivity contribution in [3.05, 3.63) is 18.0 Å². The predicted octanol–water partition coefficient (Wildman–Crippen LogP) is -0.254. The number of rotatable bonds is 4. The second-order valence-corrected chi connectivity index (χ2v) is 3.48. The van der Waals surface area contributed by atoms with Gasteiger partial charge in [-0.3, -0.25) is 14.7 Å². The Balaban J connectivity index is 2.81. The van der Waals surface area contributed by atoms with Crippen molar-refractivity contribution in [1.29, 1.82) is 0 Å². The highest BCUT2D eigenvalue weighted by molar-refractivity contribution is 5.96. The van der Waals surface area contributed by atoms with Crippen LogP contribution in [0.5, 0.6) is 0 Å². The molecule has 0 aliphatic heterocycles. The van der Waals surface area contributed by atoms with E-state index in [1.807, 2.05) is 13.8 Å². The van der Waals surface area contributed by atoms with Crippen LogP contribution in [0.15, 0.2) is 12.4 Å². The van der Waals surface area contributed by atoms with Crippen molar-refractivity contribution in [2.45, 2.75) is 19.9 Å². The number of aromatic amines is 1. The summed E-state index contributed by atoms with van der Waals surface area (Å²) in [6.07, 6.45) is 2.90. The molecule has 0 unspecified atom stereocenters. The number of nitrogens with two attached hydrogens (primary N) is 1. The van der Waals surface area contributed by atoms with Gasteiger partial charge in [0.1, 0.15) is 0 Å². The highest BCUT2D eigenvalue weighted by Gasteiger charge is 2.20. The number of H-pyrrole nitrogens is 1. The van der Waals surface area contributed by atoms with E-state index in [4.69, 9.17) is 5.73 Å². The summed E-state index contributed by atoms with van der Waals surface area (Å²) in [5.74, 6) is -0.780. The fraction of sp³-hybridized carbons (Fsp3) is 0.444. The van der Waals surface area contributed by atoms with Crippen LogP contribution in [0, 0.1) is 0 Å². The van der Waals surface area contributed by atoms with Gasteiger partial charge in [-0.15, -0.1) is 0 Å². The summed E-state index contributed by atoms with van der Waals surface area (Å²) in [5.41, 5.74) is 5.49. The molecule has 3 N–H and O–H groups in total. The molecule has 15 heavy (non-hydrogen) atoms. The van der Waals surface area contributed by atoms with Crippen molar-refractivity contribution in [1.82, 2.24) is 15.1 Å². The summed E-state index contributed by atoms with van der Waals surface area (Å²) in [4.78, 5) is 24.0. The molecule has 1 aromatic rings. The third kappa shape index (κ3) is 2.80. The van der Waals surface area contributed by atoms with Crippen molar-refractivity contribution in [2.75, 3.05) is 6.54 Å². The largest absolute Gasteiger partial charge is 0.368 e. The molecule has 1 heterocycles. The topological polar surface area (TPSA) is 92.1 Å². The van der Waals surface area contributed by atoms with Crippen molar-refractivity contribution in [3.8, 4) is 0 Å². The molecule has 0 fully saturated rings. The van der Waals surface area contributed by atoms with Crippen LogP contribution >= 0.6 is 0 Å². The van der Waals surface area contributed by atoms with Crippen LogP contribution in [0.1, 0.15) is 24.2 Å². The number of carbonyl (C=O) groups excluding carboxylic acids is 2. The van der Waals surface area contributed by atoms with Gasteiger partial charge in [-0.05, 0) is 13.8 Å². The van der Waals surface area contributed by atoms with E-state index in [2.05, 4.69) is 10.2 Å². The number of amides is 2. The van der Waals surface area contributed by atoms with Gasteiger partial charge in [0.05, 0.1) is 18.3 Å². The molecular weight excluding hydrogens is 196 g/mol. The molecule has 0 atom stereocenters. The lowest BCUT2D eigenvalue weighted by atomic mass is 10.2. The maximum absolute atomic E-state index is 11.8. The molecule has 0 saturated heterocycles. The maximum Gasteiger partial charge on any atom is 0.257 e. The lowest BCUT2D eigenvalue weighted by Crippen LogP contribution is -2.42. The average Bonchev–Trinajstić information content (AvgIpc) is 2.65. The first-order valence-corrected chi connectivity index (χ1v) is 4.60. The predicted molar refractivity (Wildman–Crippen MR) is 54.0 cm³/mol. The number of nitrogens with zero attached hydrogens (tertiary/aromatic N) is 2. The molecule has 6 heteroatoms. The molecule has 1 rings (SSSR count). The smallest absolute Gasteiger partial charge is 0.257 e. The SMILES string of the molecule is CC(C)N(CC(N)=O)C(=O)c1cn[nH]c1. The van der Waals surface area contributed by atoms with Gasteiger partial charge in [0, 0.05) is 12.2 Å². The lowest BCUT2D eigenvalue weighted by molar-refractivity contribution is -0.119. The second kappa shape index (κ2) is 4.59. The number of hydrogen-bond donors (Lipinski definition) is 2. The van der Waals surface area contributed by atoms with Crippen molar-refractivity contribution in [3.63, 3.8) is 0 Å². The maximum atomic E-state index is 11.8. The molecule has 0 aliphatic carbocycles. The minimum atomic E-state index is -0.527. The standard InChI is InChI=1S/C9H14N4O2/c1-6(2)13(5-8(10)14)9(15)7-3-11-12-4-7/h3-4,6H,5H2,1-2H3,(H2,10,14)(H,11,12). The summed E-state index contributed by atoms with van der Waals surface area (Å²) >= 11 is 0. The van der Waals surface area contributed by atoms with Crippen LogP contribution in [0.25, 0.3) is 0 Å². The zero-order chi connectivity index (χ0) is 11.4. The molecule has 0 bridgehead atoms. The molecule has 1 aromatic heterocycles. The Bertz CT molecular complexity index is 345. The summed E-state index contributed by atoms with van der Waals surface area (Å²) in [6, 6.07) is -0.0834. The summed E-state index contributed by atoms with van der Waals surface area (Å²) < 4.78 is 0. The van der Waals surface area contributed by atoms with Gasteiger partial charge in [-0.2, -0.15) is 5.10 Å². The molecule has 6 nitrogen and oxygen atoms in total. The van der Waals surface area contributed by atoms with Gasteiger partial charge < -0.3 is 10.6 Å². The third-order valence-electron chi connectivity index (χ3n) is 1.96. The van der Waals surface area contributed by atoms with E-state index < -0.39 is 5.91 Å².